The van der Waals surface area contributed by atoms with Crippen LogP contribution in [0.1, 0.15) is 75.1 Å². The summed E-state index contributed by atoms with van der Waals surface area (Å²) in [5.41, 5.74) is -1.94. The molecule has 0 fully saturated rings. The van der Waals surface area contributed by atoms with Crippen LogP contribution >= 0.6 is 15.9 Å². The molecular formula is C28H37BrN4O7. The first kappa shape index (κ1) is 31.3. The molecular weight excluding hydrogens is 584 g/mol. The van der Waals surface area contributed by atoms with Gasteiger partial charge in [-0.3, -0.25) is 0 Å². The third-order valence-electron chi connectivity index (χ3n) is 4.98. The molecule has 0 unspecified atom stereocenters. The number of amides is 2. The average Bonchev–Trinajstić information content (AvgIpc) is 3.13. The number of halogens is 1. The first-order valence-corrected chi connectivity index (χ1v) is 13.7. The number of rotatable bonds is 4. The van der Waals surface area contributed by atoms with E-state index < -0.39 is 35.1 Å². The van der Waals surface area contributed by atoms with Gasteiger partial charge in [0.05, 0.1) is 11.0 Å². The maximum atomic E-state index is 13.6. The Balaban J connectivity index is 2.46. The molecule has 3 aromatic rings. The maximum Gasteiger partial charge on any atom is 0.425 e. The normalized spacial score (nSPS) is 12.5. The number of nitrogens with zero attached hydrogens (tertiary/aromatic N) is 4. The molecule has 0 atom stereocenters. The molecule has 0 saturated carbocycles. The summed E-state index contributed by atoms with van der Waals surface area (Å²) in [6.07, 6.45) is -2.72. The smallest absolute Gasteiger partial charge is 0.425 e. The second-order valence-corrected chi connectivity index (χ2v) is 13.0. The molecule has 3 rings (SSSR count). The number of anilines is 1. The number of imide groups is 1. The summed E-state index contributed by atoms with van der Waals surface area (Å²) in [4.78, 5) is 50.6. The van der Waals surface area contributed by atoms with E-state index in [0.29, 0.717) is 26.9 Å². The predicted octanol–water partition coefficient (Wildman–Crippen LogP) is 7.34. The topological polar surface area (TPSA) is 122 Å². The Hall–Kier alpha value is -3.25. The van der Waals surface area contributed by atoms with E-state index in [-0.39, 0.29) is 29.3 Å². The lowest BCUT2D eigenvalue weighted by Gasteiger charge is -2.28. The first-order chi connectivity index (χ1) is 18.3. The van der Waals surface area contributed by atoms with Gasteiger partial charge >= 0.3 is 18.3 Å². The highest BCUT2D eigenvalue weighted by atomic mass is 79.9. The highest BCUT2D eigenvalue weighted by molar-refractivity contribution is 9.10. The molecule has 2 amide bonds. The van der Waals surface area contributed by atoms with Crippen molar-refractivity contribution in [3.63, 3.8) is 0 Å². The van der Waals surface area contributed by atoms with Gasteiger partial charge < -0.3 is 18.9 Å². The summed E-state index contributed by atoms with van der Waals surface area (Å²) in [7, 11) is 0. The number of hydrogen-bond donors (Lipinski definition) is 0. The minimum atomic E-state index is -1.01. The van der Waals surface area contributed by atoms with Crippen molar-refractivity contribution in [2.24, 2.45) is 0 Å². The van der Waals surface area contributed by atoms with Crippen LogP contribution in [0.5, 0.6) is 0 Å². The summed E-state index contributed by atoms with van der Waals surface area (Å²) < 4.78 is 24.5. The van der Waals surface area contributed by atoms with Crippen LogP contribution in [-0.2, 0) is 25.6 Å². The molecule has 2 aromatic heterocycles. The molecule has 2 heterocycles. The Kier molecular flexibility index (Phi) is 8.85. The van der Waals surface area contributed by atoms with Crippen LogP contribution in [0.2, 0.25) is 0 Å². The molecule has 0 saturated heterocycles. The molecule has 0 radical (unpaired) electrons. The number of carbonyl (C=O) groups excluding carboxylic acids is 3. The zero-order valence-corrected chi connectivity index (χ0v) is 26.3. The van der Waals surface area contributed by atoms with Crippen LogP contribution in [0.15, 0.2) is 22.7 Å². The van der Waals surface area contributed by atoms with E-state index in [4.69, 9.17) is 18.9 Å². The third-order valence-corrected chi connectivity index (χ3v) is 5.47. The van der Waals surface area contributed by atoms with Crippen molar-refractivity contribution in [1.82, 2.24) is 14.5 Å². The quantitative estimate of drug-likeness (QED) is 0.275. The molecule has 12 heteroatoms. The fourth-order valence-corrected chi connectivity index (χ4v) is 4.00. The van der Waals surface area contributed by atoms with Gasteiger partial charge in [0, 0.05) is 16.5 Å². The number of benzene rings is 1. The van der Waals surface area contributed by atoms with Crippen molar-refractivity contribution in [1.29, 1.82) is 0 Å². The minimum absolute atomic E-state index is 0.0409. The Morgan fingerprint density at radius 1 is 0.875 bits per heavy atom. The van der Waals surface area contributed by atoms with E-state index in [2.05, 4.69) is 25.9 Å². The molecule has 1 aromatic carbocycles. The Bertz CT molecular complexity index is 1420. The molecule has 0 N–H and O–H groups in total. The SMILES string of the molecule is CCOCc1nc2c(N(C(=O)OC(C)(C)C)C(=O)OC(C)(C)C)nc3cc(Br)ccc3c2n1C(=O)OC(C)(C)C. The first-order valence-electron chi connectivity index (χ1n) is 12.9. The van der Waals surface area contributed by atoms with E-state index in [1.54, 1.807) is 80.5 Å². The zero-order chi connectivity index (χ0) is 30.2. The maximum absolute atomic E-state index is 13.6. The van der Waals surface area contributed by atoms with E-state index in [1.807, 2.05) is 6.92 Å². The lowest BCUT2D eigenvalue weighted by molar-refractivity contribution is 0.0427. The largest absolute Gasteiger partial charge is 0.443 e. The highest BCUT2D eigenvalue weighted by Gasteiger charge is 2.37. The van der Waals surface area contributed by atoms with Gasteiger partial charge in [-0.25, -0.2) is 28.9 Å². The Morgan fingerprint density at radius 2 is 1.43 bits per heavy atom. The van der Waals surface area contributed by atoms with Gasteiger partial charge in [0.25, 0.3) is 0 Å². The van der Waals surface area contributed by atoms with Crippen molar-refractivity contribution in [2.45, 2.75) is 92.6 Å². The van der Waals surface area contributed by atoms with E-state index in [0.717, 1.165) is 0 Å². The Morgan fingerprint density at radius 3 is 1.93 bits per heavy atom. The summed E-state index contributed by atoms with van der Waals surface area (Å²) in [6, 6.07) is 5.25. The number of fused-ring (bicyclic) bond motifs is 3. The van der Waals surface area contributed by atoms with Gasteiger partial charge in [0.15, 0.2) is 5.82 Å². The van der Waals surface area contributed by atoms with E-state index in [1.165, 1.54) is 4.57 Å². The van der Waals surface area contributed by atoms with E-state index in [9.17, 15) is 14.4 Å². The third kappa shape index (κ3) is 7.48. The van der Waals surface area contributed by atoms with Gasteiger partial charge in [-0.1, -0.05) is 15.9 Å². The van der Waals surface area contributed by atoms with Gasteiger partial charge in [-0.05, 0) is 87.4 Å². The molecule has 40 heavy (non-hydrogen) atoms. The second-order valence-electron chi connectivity index (χ2n) is 12.1. The van der Waals surface area contributed by atoms with Crippen LogP contribution in [0.4, 0.5) is 20.2 Å². The molecule has 11 nitrogen and oxygen atoms in total. The van der Waals surface area contributed by atoms with Crippen molar-refractivity contribution in [2.75, 3.05) is 11.5 Å². The van der Waals surface area contributed by atoms with Crippen molar-refractivity contribution in [3.05, 3.63) is 28.5 Å². The molecule has 0 aliphatic rings. The van der Waals surface area contributed by atoms with Gasteiger partial charge in [0.1, 0.15) is 34.8 Å². The monoisotopic (exact) mass is 620 g/mol. The number of hydrogen-bond acceptors (Lipinski definition) is 9. The molecule has 0 bridgehead atoms. The standard InChI is InChI=1S/C28H37BrN4O7/c1-11-37-15-19-31-20-21(32(19)23(34)38-26(2,3)4)17-13-12-16(29)14-18(17)30-22(20)33(24(35)39-27(5,6)7)25(36)40-28(8,9)10/h12-14H,11,15H2,1-10H3. The van der Waals surface area contributed by atoms with Crippen LogP contribution in [0.25, 0.3) is 21.9 Å². The number of ether oxygens (including phenoxy) is 4. The zero-order valence-electron chi connectivity index (χ0n) is 24.7. The second kappa shape index (κ2) is 11.3. The molecule has 218 valence electrons. The number of carbonyl (C=O) groups is 3. The summed E-state index contributed by atoms with van der Waals surface area (Å²) >= 11 is 3.45. The average molecular weight is 622 g/mol. The fraction of sp³-hybridized carbons (Fsp3) is 0.536. The Labute approximate surface area is 242 Å². The van der Waals surface area contributed by atoms with Crippen molar-refractivity contribution >= 4 is 62.0 Å². The summed E-state index contributed by atoms with van der Waals surface area (Å²) in [5, 5.41) is 0.538. The van der Waals surface area contributed by atoms with Crippen LogP contribution in [-0.4, -0.2) is 56.2 Å². The lowest BCUT2D eigenvalue weighted by atomic mass is 10.1. The van der Waals surface area contributed by atoms with Gasteiger partial charge in [0.2, 0.25) is 0 Å². The lowest BCUT2D eigenvalue weighted by Crippen LogP contribution is -2.44. The molecule has 0 aliphatic carbocycles. The number of imidazole rings is 1. The van der Waals surface area contributed by atoms with Crippen molar-refractivity contribution < 1.29 is 33.3 Å². The number of aromatic nitrogens is 3. The van der Waals surface area contributed by atoms with Gasteiger partial charge in [-0.15, -0.1) is 0 Å². The van der Waals surface area contributed by atoms with Gasteiger partial charge in [-0.2, -0.15) is 4.90 Å². The van der Waals surface area contributed by atoms with Crippen molar-refractivity contribution in [3.8, 4) is 0 Å². The number of pyridine rings is 1. The van der Waals surface area contributed by atoms with Crippen LogP contribution in [0.3, 0.4) is 0 Å². The van der Waals surface area contributed by atoms with Crippen LogP contribution in [0, 0.1) is 0 Å². The highest BCUT2D eigenvalue weighted by Crippen LogP contribution is 2.35. The molecule has 0 spiro atoms. The van der Waals surface area contributed by atoms with Crippen LogP contribution < -0.4 is 4.90 Å². The van der Waals surface area contributed by atoms with E-state index >= 15 is 0 Å². The molecule has 0 aliphatic heterocycles. The predicted molar refractivity (Wildman–Crippen MR) is 155 cm³/mol. The summed E-state index contributed by atoms with van der Waals surface area (Å²) in [6.45, 7) is 17.4. The fourth-order valence-electron chi connectivity index (χ4n) is 3.65. The minimum Gasteiger partial charge on any atom is -0.443 e. The summed E-state index contributed by atoms with van der Waals surface area (Å²) in [5.74, 6) is 0.0436.